The predicted molar refractivity (Wildman–Crippen MR) is 97.9 cm³/mol. The van der Waals surface area contributed by atoms with E-state index in [9.17, 15) is 8.76 Å². The number of hydrogen-bond donors (Lipinski definition) is 0. The molecule has 0 fully saturated rings. The molecule has 4 heteroatoms. The molecule has 0 heterocycles. The highest BCUT2D eigenvalue weighted by Crippen LogP contribution is 2.23. The van der Waals surface area contributed by atoms with Gasteiger partial charge in [-0.3, -0.25) is 4.21 Å². The van der Waals surface area contributed by atoms with Crippen molar-refractivity contribution >= 4 is 11.1 Å². The Morgan fingerprint density at radius 2 is 1.38 bits per heavy atom. The predicted octanol–water partition coefficient (Wildman–Crippen LogP) is 5.33. The van der Waals surface area contributed by atoms with E-state index in [0.29, 0.717) is 4.90 Å². The first-order chi connectivity index (χ1) is 11.7. The summed E-state index contributed by atoms with van der Waals surface area (Å²) < 4.78 is 27.5. The zero-order valence-electron chi connectivity index (χ0n) is 14.2. The summed E-state index contributed by atoms with van der Waals surface area (Å²) in [5, 5.41) is 0. The molecule has 0 amide bonds. The summed E-state index contributed by atoms with van der Waals surface area (Å²) >= 11 is -2.18. The first-order valence-electron chi connectivity index (χ1n) is 8.63. The number of hydrogen-bond acceptors (Lipinski definition) is 3. The molecule has 0 aliphatic rings. The van der Waals surface area contributed by atoms with E-state index >= 15 is 0 Å². The average molecular weight is 345 g/mol. The van der Waals surface area contributed by atoms with Crippen LogP contribution in [0, 0.1) is 0 Å². The maximum Gasteiger partial charge on any atom is 0.119 e. The van der Waals surface area contributed by atoms with Gasteiger partial charge in [-0.15, -0.1) is 0 Å². The van der Waals surface area contributed by atoms with E-state index in [2.05, 4.69) is 6.92 Å². The van der Waals surface area contributed by atoms with E-state index in [1.165, 1.54) is 32.1 Å². The van der Waals surface area contributed by atoms with Crippen LogP contribution >= 0.6 is 0 Å². The number of benzene rings is 2. The van der Waals surface area contributed by atoms with Gasteiger partial charge in [0.1, 0.15) is 5.75 Å². The fourth-order valence-corrected chi connectivity index (χ4v) is 2.93. The van der Waals surface area contributed by atoms with Crippen molar-refractivity contribution in [3.63, 3.8) is 0 Å². The minimum Gasteiger partial charge on any atom is -0.768 e. The van der Waals surface area contributed by atoms with E-state index in [0.717, 1.165) is 29.9 Å². The quantitative estimate of drug-likeness (QED) is 0.432. The van der Waals surface area contributed by atoms with Crippen LogP contribution in [-0.4, -0.2) is 15.4 Å². The third-order valence-electron chi connectivity index (χ3n) is 4.00. The summed E-state index contributed by atoms with van der Waals surface area (Å²) in [6.07, 6.45) is 7.54. The molecule has 1 unspecified atom stereocenters. The lowest BCUT2D eigenvalue weighted by Crippen LogP contribution is -1.97. The molecule has 0 N–H and O–H groups in total. The molecule has 0 saturated carbocycles. The van der Waals surface area contributed by atoms with Crippen LogP contribution in [0.25, 0.3) is 11.1 Å². The summed E-state index contributed by atoms with van der Waals surface area (Å²) in [5.41, 5.74) is 2.04. The van der Waals surface area contributed by atoms with Crippen molar-refractivity contribution in [2.45, 2.75) is 50.3 Å². The lowest BCUT2D eigenvalue weighted by atomic mass is 10.1. The van der Waals surface area contributed by atoms with Gasteiger partial charge in [0.15, 0.2) is 0 Å². The summed E-state index contributed by atoms with van der Waals surface area (Å²) in [5.74, 6) is 0.879. The molecule has 0 saturated heterocycles. The van der Waals surface area contributed by atoms with Crippen molar-refractivity contribution in [1.82, 2.24) is 0 Å². The molecule has 3 nitrogen and oxygen atoms in total. The fraction of sp³-hybridized carbons (Fsp3) is 0.400. The van der Waals surface area contributed by atoms with Gasteiger partial charge in [-0.1, -0.05) is 63.3 Å². The standard InChI is InChI=1S/C20H26O3S/c1-2-3-4-5-6-7-16-23-19-12-8-17(9-13-19)18-10-14-20(15-11-18)24(21)22/h8-15H,2-7,16H2,1H3,(H,21,22)/p-1. The van der Waals surface area contributed by atoms with Gasteiger partial charge in [0.2, 0.25) is 0 Å². The van der Waals surface area contributed by atoms with Crippen molar-refractivity contribution in [3.05, 3.63) is 48.5 Å². The Morgan fingerprint density at radius 1 is 0.833 bits per heavy atom. The SMILES string of the molecule is CCCCCCCCOc1ccc(-c2ccc(S(=O)[O-])cc2)cc1. The van der Waals surface area contributed by atoms with E-state index in [-0.39, 0.29) is 0 Å². The normalized spacial score (nSPS) is 12.1. The Bertz CT molecular complexity index is 620. The van der Waals surface area contributed by atoms with Crippen LogP contribution < -0.4 is 4.74 Å². The van der Waals surface area contributed by atoms with Crippen LogP contribution in [0.3, 0.4) is 0 Å². The molecule has 2 rings (SSSR count). The summed E-state index contributed by atoms with van der Waals surface area (Å²) in [6.45, 7) is 2.99. The van der Waals surface area contributed by atoms with Gasteiger partial charge in [-0.05, 0) is 52.9 Å². The first kappa shape index (κ1) is 18.7. The van der Waals surface area contributed by atoms with E-state index in [4.69, 9.17) is 4.74 Å². The number of unbranched alkanes of at least 4 members (excludes halogenated alkanes) is 5. The molecule has 0 bridgehead atoms. The van der Waals surface area contributed by atoms with Gasteiger partial charge < -0.3 is 9.29 Å². The third kappa shape index (κ3) is 6.10. The van der Waals surface area contributed by atoms with Gasteiger partial charge in [-0.2, -0.15) is 0 Å². The minimum atomic E-state index is -2.18. The largest absolute Gasteiger partial charge is 0.768 e. The monoisotopic (exact) mass is 345 g/mol. The summed E-state index contributed by atoms with van der Waals surface area (Å²) in [4.78, 5) is 0.303. The van der Waals surface area contributed by atoms with Crippen molar-refractivity contribution < 1.29 is 13.5 Å². The Hall–Kier alpha value is -1.65. The van der Waals surface area contributed by atoms with Crippen molar-refractivity contribution in [2.75, 3.05) is 6.61 Å². The third-order valence-corrected chi connectivity index (χ3v) is 4.66. The molecule has 1 atom stereocenters. The van der Waals surface area contributed by atoms with Gasteiger partial charge in [0.05, 0.1) is 6.61 Å². The van der Waals surface area contributed by atoms with Crippen LogP contribution in [0.2, 0.25) is 0 Å². The van der Waals surface area contributed by atoms with Gasteiger partial charge in [0.25, 0.3) is 0 Å². The van der Waals surface area contributed by atoms with Gasteiger partial charge >= 0.3 is 0 Å². The molecular weight excluding hydrogens is 320 g/mol. The zero-order chi connectivity index (χ0) is 17.2. The highest BCUT2D eigenvalue weighted by atomic mass is 32.2. The molecule has 0 radical (unpaired) electrons. The molecular formula is C20H25O3S-. The van der Waals surface area contributed by atoms with Crippen molar-refractivity contribution in [3.8, 4) is 16.9 Å². The van der Waals surface area contributed by atoms with Crippen LogP contribution in [0.4, 0.5) is 0 Å². The Labute approximate surface area is 147 Å². The van der Waals surface area contributed by atoms with Crippen molar-refractivity contribution in [2.24, 2.45) is 0 Å². The van der Waals surface area contributed by atoms with Crippen molar-refractivity contribution in [1.29, 1.82) is 0 Å². The maximum absolute atomic E-state index is 10.9. The summed E-state index contributed by atoms with van der Waals surface area (Å²) in [6, 6.07) is 14.8. The van der Waals surface area contributed by atoms with Gasteiger partial charge in [-0.25, -0.2) is 0 Å². The average Bonchev–Trinajstić information content (AvgIpc) is 2.61. The Kier molecular flexibility index (Phi) is 7.99. The smallest absolute Gasteiger partial charge is 0.119 e. The highest BCUT2D eigenvalue weighted by Gasteiger charge is 2.00. The Morgan fingerprint density at radius 3 is 1.96 bits per heavy atom. The molecule has 24 heavy (non-hydrogen) atoms. The topological polar surface area (TPSA) is 49.4 Å². The second kappa shape index (κ2) is 10.3. The van der Waals surface area contributed by atoms with Crippen LogP contribution in [0.15, 0.2) is 53.4 Å². The summed E-state index contributed by atoms with van der Waals surface area (Å²) in [7, 11) is 0. The first-order valence-corrected chi connectivity index (χ1v) is 9.71. The highest BCUT2D eigenvalue weighted by molar-refractivity contribution is 7.79. The Balaban J connectivity index is 1.79. The van der Waals surface area contributed by atoms with E-state index in [1.54, 1.807) is 12.1 Å². The second-order valence-corrected chi connectivity index (χ2v) is 6.84. The van der Waals surface area contributed by atoms with Gasteiger partial charge in [0, 0.05) is 4.90 Å². The fourth-order valence-electron chi connectivity index (χ4n) is 2.57. The van der Waals surface area contributed by atoms with Crippen LogP contribution in [0.5, 0.6) is 5.75 Å². The molecule has 0 aromatic heterocycles. The molecule has 0 aliphatic heterocycles. The van der Waals surface area contributed by atoms with Crippen LogP contribution in [-0.2, 0) is 11.1 Å². The maximum atomic E-state index is 10.9. The van der Waals surface area contributed by atoms with E-state index < -0.39 is 11.1 Å². The molecule has 0 aliphatic carbocycles. The minimum absolute atomic E-state index is 0.303. The molecule has 0 spiro atoms. The zero-order valence-corrected chi connectivity index (χ0v) is 15.0. The second-order valence-electron chi connectivity index (χ2n) is 5.90. The van der Waals surface area contributed by atoms with Crippen LogP contribution in [0.1, 0.15) is 45.4 Å². The molecule has 2 aromatic rings. The molecule has 130 valence electrons. The molecule has 2 aromatic carbocycles. The number of rotatable bonds is 10. The number of ether oxygens (including phenoxy) is 1. The lowest BCUT2D eigenvalue weighted by molar-refractivity contribution is 0.304. The lowest BCUT2D eigenvalue weighted by Gasteiger charge is -2.09. The van der Waals surface area contributed by atoms with E-state index in [1.807, 2.05) is 36.4 Å².